The molecule has 3 atom stereocenters. The van der Waals surface area contributed by atoms with Crippen molar-refractivity contribution < 1.29 is 0 Å². The van der Waals surface area contributed by atoms with Crippen LogP contribution in [0.4, 0.5) is 0 Å². The van der Waals surface area contributed by atoms with Gasteiger partial charge in [0.15, 0.2) is 0 Å². The van der Waals surface area contributed by atoms with E-state index >= 15 is 0 Å². The summed E-state index contributed by atoms with van der Waals surface area (Å²) in [6, 6.07) is 10.4. The Balaban J connectivity index is 1.65. The van der Waals surface area contributed by atoms with E-state index in [-0.39, 0.29) is 0 Å². The van der Waals surface area contributed by atoms with Crippen molar-refractivity contribution in [2.75, 3.05) is 19.6 Å². The zero-order valence-electron chi connectivity index (χ0n) is 12.2. The molecule has 2 nitrogen and oxygen atoms in total. The van der Waals surface area contributed by atoms with Crippen LogP contribution in [0.5, 0.6) is 0 Å². The monoisotopic (exact) mass is 258 g/mol. The van der Waals surface area contributed by atoms with Gasteiger partial charge in [0.25, 0.3) is 0 Å². The third kappa shape index (κ3) is 2.56. The van der Waals surface area contributed by atoms with Gasteiger partial charge < -0.3 is 5.32 Å². The first kappa shape index (κ1) is 13.1. The maximum atomic E-state index is 3.69. The Morgan fingerprint density at radius 1 is 1.21 bits per heavy atom. The van der Waals surface area contributed by atoms with E-state index in [4.69, 9.17) is 0 Å². The van der Waals surface area contributed by atoms with Crippen molar-refractivity contribution in [1.29, 1.82) is 0 Å². The number of rotatable bonds is 4. The van der Waals surface area contributed by atoms with Gasteiger partial charge in [-0.15, -0.1) is 0 Å². The number of benzene rings is 1. The molecule has 104 valence electrons. The van der Waals surface area contributed by atoms with E-state index in [1.807, 2.05) is 0 Å². The predicted molar refractivity (Wildman–Crippen MR) is 80.6 cm³/mol. The highest BCUT2D eigenvalue weighted by molar-refractivity contribution is 5.40. The van der Waals surface area contributed by atoms with Crippen molar-refractivity contribution in [3.8, 4) is 0 Å². The standard InChI is InChI=1S/C17H26N2/c1-3-15-12-19(16(4-2)10-18-15)11-14-9-13-7-5-6-8-17(13)14/h5-8,14-16,18H,3-4,9-12H2,1-2H3. The minimum absolute atomic E-state index is 0.693. The Labute approximate surface area is 117 Å². The molecule has 1 N–H and O–H groups in total. The summed E-state index contributed by atoms with van der Waals surface area (Å²) in [4.78, 5) is 2.74. The molecule has 3 unspecified atom stereocenters. The molecule has 1 fully saturated rings. The van der Waals surface area contributed by atoms with Crippen LogP contribution in [-0.2, 0) is 6.42 Å². The minimum atomic E-state index is 0.693. The fourth-order valence-electron chi connectivity index (χ4n) is 3.64. The second kappa shape index (κ2) is 5.64. The highest BCUT2D eigenvalue weighted by atomic mass is 15.2. The lowest BCUT2D eigenvalue weighted by Gasteiger charge is -2.43. The molecule has 1 aromatic rings. The van der Waals surface area contributed by atoms with Crippen LogP contribution >= 0.6 is 0 Å². The van der Waals surface area contributed by atoms with E-state index in [1.54, 1.807) is 11.1 Å². The van der Waals surface area contributed by atoms with E-state index in [0.29, 0.717) is 6.04 Å². The molecular weight excluding hydrogens is 232 g/mol. The maximum Gasteiger partial charge on any atom is 0.0219 e. The molecular formula is C17H26N2. The van der Waals surface area contributed by atoms with E-state index in [0.717, 1.165) is 12.0 Å². The fraction of sp³-hybridized carbons (Fsp3) is 0.647. The van der Waals surface area contributed by atoms with Crippen molar-refractivity contribution in [3.05, 3.63) is 35.4 Å². The molecule has 1 aliphatic carbocycles. The lowest BCUT2D eigenvalue weighted by Crippen LogP contribution is -2.57. The van der Waals surface area contributed by atoms with Crippen molar-refractivity contribution in [2.45, 2.75) is 51.1 Å². The molecule has 0 spiro atoms. The van der Waals surface area contributed by atoms with Gasteiger partial charge in [-0.05, 0) is 30.4 Å². The maximum absolute atomic E-state index is 3.69. The summed E-state index contributed by atoms with van der Waals surface area (Å²) in [7, 11) is 0. The summed E-state index contributed by atoms with van der Waals surface area (Å²) < 4.78 is 0. The predicted octanol–water partition coefficient (Wildman–Crippen LogP) is 2.79. The molecule has 1 aliphatic heterocycles. The van der Waals surface area contributed by atoms with Crippen molar-refractivity contribution in [1.82, 2.24) is 10.2 Å². The van der Waals surface area contributed by atoms with Crippen LogP contribution in [0.1, 0.15) is 43.7 Å². The number of piperazine rings is 1. The Morgan fingerprint density at radius 3 is 2.79 bits per heavy atom. The fourth-order valence-corrected chi connectivity index (χ4v) is 3.64. The third-order valence-corrected chi connectivity index (χ3v) is 4.99. The average Bonchev–Trinajstić information content (AvgIpc) is 2.44. The Hall–Kier alpha value is -0.860. The molecule has 1 heterocycles. The van der Waals surface area contributed by atoms with Crippen LogP contribution in [0.3, 0.4) is 0 Å². The van der Waals surface area contributed by atoms with Crippen molar-refractivity contribution in [3.63, 3.8) is 0 Å². The smallest absolute Gasteiger partial charge is 0.0219 e. The first-order valence-corrected chi connectivity index (χ1v) is 7.87. The average molecular weight is 258 g/mol. The zero-order valence-corrected chi connectivity index (χ0v) is 12.2. The summed E-state index contributed by atoms with van der Waals surface area (Å²) in [6.07, 6.45) is 3.79. The summed E-state index contributed by atoms with van der Waals surface area (Å²) in [5.74, 6) is 0.779. The lowest BCUT2D eigenvalue weighted by molar-refractivity contribution is 0.114. The van der Waals surface area contributed by atoms with Crippen LogP contribution in [0, 0.1) is 0 Å². The van der Waals surface area contributed by atoms with Crippen LogP contribution in [0.15, 0.2) is 24.3 Å². The second-order valence-corrected chi connectivity index (χ2v) is 6.13. The Kier molecular flexibility index (Phi) is 3.90. The van der Waals surface area contributed by atoms with Crippen LogP contribution < -0.4 is 5.32 Å². The molecule has 1 aromatic carbocycles. The molecule has 0 aromatic heterocycles. The molecule has 2 aliphatic rings. The summed E-state index contributed by atoms with van der Waals surface area (Å²) in [6.45, 7) is 8.27. The van der Waals surface area contributed by atoms with Crippen molar-refractivity contribution in [2.24, 2.45) is 0 Å². The molecule has 3 rings (SSSR count). The van der Waals surface area contributed by atoms with Gasteiger partial charge in [0.1, 0.15) is 0 Å². The van der Waals surface area contributed by atoms with Crippen LogP contribution in [0.25, 0.3) is 0 Å². The topological polar surface area (TPSA) is 15.3 Å². The minimum Gasteiger partial charge on any atom is -0.311 e. The molecule has 0 bridgehead atoms. The van der Waals surface area contributed by atoms with E-state index < -0.39 is 0 Å². The zero-order chi connectivity index (χ0) is 13.2. The molecule has 1 saturated heterocycles. The molecule has 19 heavy (non-hydrogen) atoms. The third-order valence-electron chi connectivity index (χ3n) is 4.99. The van der Waals surface area contributed by atoms with Gasteiger partial charge in [0, 0.05) is 37.6 Å². The largest absolute Gasteiger partial charge is 0.311 e. The highest BCUT2D eigenvalue weighted by Gasteiger charge is 2.32. The number of hydrogen-bond acceptors (Lipinski definition) is 2. The Morgan fingerprint density at radius 2 is 2.05 bits per heavy atom. The number of nitrogens with zero attached hydrogens (tertiary/aromatic N) is 1. The van der Waals surface area contributed by atoms with Gasteiger partial charge in [-0.2, -0.15) is 0 Å². The second-order valence-electron chi connectivity index (χ2n) is 6.13. The number of fused-ring (bicyclic) bond motifs is 1. The first-order chi connectivity index (χ1) is 9.31. The Bertz CT molecular complexity index is 429. The van der Waals surface area contributed by atoms with Gasteiger partial charge in [0.05, 0.1) is 0 Å². The normalized spacial score (nSPS) is 30.7. The van der Waals surface area contributed by atoms with E-state index in [1.165, 1.54) is 38.9 Å². The van der Waals surface area contributed by atoms with Gasteiger partial charge in [-0.25, -0.2) is 0 Å². The van der Waals surface area contributed by atoms with Crippen LogP contribution in [-0.4, -0.2) is 36.6 Å². The van der Waals surface area contributed by atoms with Gasteiger partial charge in [-0.1, -0.05) is 38.1 Å². The summed E-state index contributed by atoms with van der Waals surface area (Å²) in [5.41, 5.74) is 3.17. The number of nitrogens with one attached hydrogen (secondary N) is 1. The van der Waals surface area contributed by atoms with Crippen LogP contribution in [0.2, 0.25) is 0 Å². The molecule has 2 heteroatoms. The van der Waals surface area contributed by atoms with Gasteiger partial charge in [0.2, 0.25) is 0 Å². The summed E-state index contributed by atoms with van der Waals surface area (Å²) in [5, 5.41) is 3.69. The van der Waals surface area contributed by atoms with E-state index in [9.17, 15) is 0 Å². The quantitative estimate of drug-likeness (QED) is 0.893. The van der Waals surface area contributed by atoms with Crippen molar-refractivity contribution >= 4 is 0 Å². The SMILES string of the molecule is CCC1CN(CC2Cc3ccccc32)C(CC)CN1. The van der Waals surface area contributed by atoms with Gasteiger partial charge >= 0.3 is 0 Å². The van der Waals surface area contributed by atoms with Gasteiger partial charge in [-0.3, -0.25) is 4.90 Å². The summed E-state index contributed by atoms with van der Waals surface area (Å²) >= 11 is 0. The molecule has 0 radical (unpaired) electrons. The molecule has 0 saturated carbocycles. The first-order valence-electron chi connectivity index (χ1n) is 7.87. The van der Waals surface area contributed by atoms with E-state index in [2.05, 4.69) is 48.3 Å². The highest BCUT2D eigenvalue weighted by Crippen LogP contribution is 2.36. The number of hydrogen-bond donors (Lipinski definition) is 1. The lowest BCUT2D eigenvalue weighted by atomic mass is 9.77. The molecule has 0 amide bonds.